The minimum absolute atomic E-state index is 0.111. The molecule has 3 aromatic carbocycles. The third-order valence-electron chi connectivity index (χ3n) is 3.99. The maximum absolute atomic E-state index is 12.0. The van der Waals surface area contributed by atoms with Crippen molar-refractivity contribution >= 4 is 29.3 Å². The van der Waals surface area contributed by atoms with Crippen molar-refractivity contribution in [2.45, 2.75) is 4.90 Å². The Hall–Kier alpha value is -3.65. The molecule has 0 unspecified atom stereocenters. The number of nitrogens with one attached hydrogen (secondary N) is 2. The van der Waals surface area contributed by atoms with E-state index >= 15 is 0 Å². The first kappa shape index (κ1) is 20.1. The van der Waals surface area contributed by atoms with Gasteiger partial charge in [-0.1, -0.05) is 42.5 Å². The summed E-state index contributed by atoms with van der Waals surface area (Å²) in [5.74, 6) is -0.784. The number of hydrazine groups is 1. The molecule has 0 fully saturated rings. The van der Waals surface area contributed by atoms with E-state index in [0.717, 1.165) is 16.0 Å². The number of carbonyl (C=O) groups excluding carboxylic acids is 2. The molecule has 7 nitrogen and oxygen atoms in total. The number of benzene rings is 3. The Bertz CT molecular complexity index is 1010. The summed E-state index contributed by atoms with van der Waals surface area (Å²) in [5, 5.41) is 10.6. The number of nitro groups is 1. The molecule has 0 saturated heterocycles. The van der Waals surface area contributed by atoms with Crippen molar-refractivity contribution in [3.05, 3.63) is 94.5 Å². The smallest absolute Gasteiger partial charge is 0.269 e. The first-order chi connectivity index (χ1) is 14.0. The van der Waals surface area contributed by atoms with Crippen molar-refractivity contribution in [1.82, 2.24) is 10.9 Å². The maximum Gasteiger partial charge on any atom is 0.269 e. The van der Waals surface area contributed by atoms with Crippen LogP contribution in [-0.4, -0.2) is 22.5 Å². The van der Waals surface area contributed by atoms with Crippen molar-refractivity contribution in [3.8, 4) is 11.1 Å². The van der Waals surface area contributed by atoms with Gasteiger partial charge in [0.1, 0.15) is 0 Å². The molecule has 0 atom stereocenters. The van der Waals surface area contributed by atoms with Gasteiger partial charge in [-0.15, -0.1) is 11.8 Å². The molecule has 2 N–H and O–H groups in total. The lowest BCUT2D eigenvalue weighted by molar-refractivity contribution is -0.384. The van der Waals surface area contributed by atoms with Gasteiger partial charge in [-0.25, -0.2) is 0 Å². The molecule has 0 bridgehead atoms. The molecule has 0 heterocycles. The molecule has 0 aromatic heterocycles. The second-order valence-electron chi connectivity index (χ2n) is 5.99. The highest BCUT2D eigenvalue weighted by Crippen LogP contribution is 2.23. The fraction of sp³-hybridized carbons (Fsp3) is 0.0476. The molecule has 8 heteroatoms. The average Bonchev–Trinajstić information content (AvgIpc) is 2.77. The topological polar surface area (TPSA) is 101 Å². The van der Waals surface area contributed by atoms with Crippen molar-refractivity contribution in [2.75, 3.05) is 5.75 Å². The summed E-state index contributed by atoms with van der Waals surface area (Å²) in [6, 6.07) is 23.0. The summed E-state index contributed by atoms with van der Waals surface area (Å²) < 4.78 is 0. The van der Waals surface area contributed by atoms with E-state index in [2.05, 4.69) is 10.9 Å². The minimum Gasteiger partial charge on any atom is -0.272 e. The van der Waals surface area contributed by atoms with E-state index in [-0.39, 0.29) is 22.9 Å². The van der Waals surface area contributed by atoms with Gasteiger partial charge in [-0.3, -0.25) is 30.6 Å². The second kappa shape index (κ2) is 9.52. The third kappa shape index (κ3) is 5.66. The Labute approximate surface area is 171 Å². The van der Waals surface area contributed by atoms with E-state index < -0.39 is 10.8 Å². The monoisotopic (exact) mass is 407 g/mol. The highest BCUT2D eigenvalue weighted by molar-refractivity contribution is 8.00. The second-order valence-corrected chi connectivity index (χ2v) is 7.03. The van der Waals surface area contributed by atoms with Crippen LogP contribution in [0.5, 0.6) is 0 Å². The summed E-state index contributed by atoms with van der Waals surface area (Å²) in [5.41, 5.74) is 6.94. The molecule has 0 aliphatic heterocycles. The fourth-order valence-electron chi connectivity index (χ4n) is 2.49. The van der Waals surface area contributed by atoms with E-state index in [0.29, 0.717) is 0 Å². The Morgan fingerprint density at radius 3 is 2.07 bits per heavy atom. The van der Waals surface area contributed by atoms with Crippen LogP contribution < -0.4 is 10.9 Å². The van der Waals surface area contributed by atoms with Crippen LogP contribution >= 0.6 is 11.8 Å². The number of hydrogen-bond donors (Lipinski definition) is 2. The summed E-state index contributed by atoms with van der Waals surface area (Å²) in [7, 11) is 0. The Kier molecular flexibility index (Phi) is 6.59. The van der Waals surface area contributed by atoms with Gasteiger partial charge in [0.15, 0.2) is 0 Å². The predicted octanol–water partition coefficient (Wildman–Crippen LogP) is 3.82. The summed E-state index contributed by atoms with van der Waals surface area (Å²) >= 11 is 1.35. The lowest BCUT2D eigenvalue weighted by Gasteiger charge is -2.08. The first-order valence-corrected chi connectivity index (χ1v) is 9.63. The Morgan fingerprint density at radius 1 is 0.828 bits per heavy atom. The number of thioether (sulfide) groups is 1. The quantitative estimate of drug-likeness (QED) is 0.368. The molecule has 2 amide bonds. The number of nitro benzene ring substituents is 1. The molecule has 29 heavy (non-hydrogen) atoms. The summed E-state index contributed by atoms with van der Waals surface area (Å²) in [4.78, 5) is 34.9. The van der Waals surface area contributed by atoms with Gasteiger partial charge in [0.25, 0.3) is 11.6 Å². The van der Waals surface area contributed by atoms with E-state index in [4.69, 9.17) is 0 Å². The van der Waals surface area contributed by atoms with Crippen molar-refractivity contribution in [2.24, 2.45) is 0 Å². The van der Waals surface area contributed by atoms with Crippen molar-refractivity contribution in [1.29, 1.82) is 0 Å². The van der Waals surface area contributed by atoms with Crippen LogP contribution in [0.25, 0.3) is 11.1 Å². The number of amides is 2. The van der Waals surface area contributed by atoms with Crippen LogP contribution in [0.4, 0.5) is 5.69 Å². The summed E-state index contributed by atoms with van der Waals surface area (Å²) in [6.07, 6.45) is 0. The largest absolute Gasteiger partial charge is 0.272 e. The normalized spacial score (nSPS) is 10.2. The number of carbonyl (C=O) groups is 2. The van der Waals surface area contributed by atoms with Crippen LogP contribution in [-0.2, 0) is 4.79 Å². The number of hydrogen-bond acceptors (Lipinski definition) is 5. The Morgan fingerprint density at radius 2 is 1.45 bits per heavy atom. The standard InChI is InChI=1S/C21H17N3O4S/c25-20(22-23-21(26)17-6-10-18(11-7-17)24(27)28)14-29-19-12-8-16(9-13-19)15-4-2-1-3-5-15/h1-13H,14H2,(H,22,25)(H,23,26). The zero-order valence-electron chi connectivity index (χ0n) is 15.2. The van der Waals surface area contributed by atoms with E-state index in [9.17, 15) is 19.7 Å². The third-order valence-corrected chi connectivity index (χ3v) is 5.00. The van der Waals surface area contributed by atoms with Gasteiger partial charge in [0, 0.05) is 22.6 Å². The van der Waals surface area contributed by atoms with E-state index in [1.807, 2.05) is 54.6 Å². The van der Waals surface area contributed by atoms with Gasteiger partial charge >= 0.3 is 0 Å². The molecular formula is C21H17N3O4S. The van der Waals surface area contributed by atoms with Crippen LogP contribution in [0.15, 0.2) is 83.8 Å². The van der Waals surface area contributed by atoms with Crippen molar-refractivity contribution in [3.63, 3.8) is 0 Å². The molecule has 3 rings (SSSR count). The Balaban J connectivity index is 1.46. The first-order valence-electron chi connectivity index (χ1n) is 8.65. The van der Waals surface area contributed by atoms with E-state index in [1.54, 1.807) is 0 Å². The lowest BCUT2D eigenvalue weighted by atomic mass is 10.1. The molecule has 146 valence electrons. The number of nitrogens with zero attached hydrogens (tertiary/aromatic N) is 1. The fourth-order valence-corrected chi connectivity index (χ4v) is 3.19. The molecule has 0 radical (unpaired) electrons. The van der Waals surface area contributed by atoms with Gasteiger partial charge in [-0.2, -0.15) is 0 Å². The van der Waals surface area contributed by atoms with Gasteiger partial charge in [0.05, 0.1) is 10.7 Å². The molecular weight excluding hydrogens is 390 g/mol. The van der Waals surface area contributed by atoms with Crippen LogP contribution in [0, 0.1) is 10.1 Å². The molecule has 0 saturated carbocycles. The predicted molar refractivity (Wildman–Crippen MR) is 111 cm³/mol. The zero-order chi connectivity index (χ0) is 20.6. The minimum atomic E-state index is -0.550. The zero-order valence-corrected chi connectivity index (χ0v) is 16.0. The van der Waals surface area contributed by atoms with Gasteiger partial charge < -0.3 is 0 Å². The van der Waals surface area contributed by atoms with E-state index in [1.165, 1.54) is 36.0 Å². The highest BCUT2D eigenvalue weighted by Gasteiger charge is 2.10. The van der Waals surface area contributed by atoms with Crippen LogP contribution in [0.1, 0.15) is 10.4 Å². The average molecular weight is 407 g/mol. The van der Waals surface area contributed by atoms with Crippen molar-refractivity contribution < 1.29 is 14.5 Å². The van der Waals surface area contributed by atoms with Gasteiger partial charge in [0.2, 0.25) is 5.91 Å². The highest BCUT2D eigenvalue weighted by atomic mass is 32.2. The van der Waals surface area contributed by atoms with Crippen LogP contribution in [0.3, 0.4) is 0 Å². The SMILES string of the molecule is O=C(CSc1ccc(-c2ccccc2)cc1)NNC(=O)c1ccc([N+](=O)[O-])cc1. The number of non-ortho nitro benzene ring substituents is 1. The van der Waals surface area contributed by atoms with Gasteiger partial charge in [-0.05, 0) is 35.4 Å². The maximum atomic E-state index is 12.0. The molecule has 3 aromatic rings. The molecule has 0 spiro atoms. The number of rotatable bonds is 6. The lowest BCUT2D eigenvalue weighted by Crippen LogP contribution is -2.42. The van der Waals surface area contributed by atoms with Crippen LogP contribution in [0.2, 0.25) is 0 Å². The summed E-state index contributed by atoms with van der Waals surface area (Å²) in [6.45, 7) is 0. The molecule has 0 aliphatic carbocycles. The molecule has 0 aliphatic rings.